The lowest BCUT2D eigenvalue weighted by Crippen LogP contribution is -2.46. The number of nitrogens with one attached hydrogen (secondary N) is 1. The van der Waals surface area contributed by atoms with Crippen LogP contribution in [0.1, 0.15) is 45.7 Å². The number of halogens is 1. The van der Waals surface area contributed by atoms with Crippen molar-refractivity contribution < 1.29 is 9.18 Å². The highest BCUT2D eigenvalue weighted by atomic mass is 19.1. The van der Waals surface area contributed by atoms with Crippen LogP contribution in [0.3, 0.4) is 0 Å². The van der Waals surface area contributed by atoms with Crippen molar-refractivity contribution in [2.75, 3.05) is 0 Å². The smallest absolute Gasteiger partial charge is 0.344 e. The Kier molecular flexibility index (Phi) is 6.73. The van der Waals surface area contributed by atoms with Gasteiger partial charge in [-0.1, -0.05) is 48.5 Å². The Labute approximate surface area is 201 Å². The second-order valence-electron chi connectivity index (χ2n) is 8.44. The molecule has 178 valence electrons. The molecule has 0 bridgehead atoms. The standard InChI is InChI=1S/C27H25FN4O3/c1-17-12-13-23(14-18(17)2)32-27(35)31(16-20-8-7-11-22(28)15-20)26(34)24(30-32)25(33)29-19(3)21-9-5-4-6-10-21/h4-15,19H,16H2,1-3H3,(H,29,33)/t19-/m1/s1. The van der Waals surface area contributed by atoms with Crippen LogP contribution in [0, 0.1) is 19.7 Å². The summed E-state index contributed by atoms with van der Waals surface area (Å²) in [7, 11) is 0. The number of carbonyl (C=O) groups excluding carboxylic acids is 1. The van der Waals surface area contributed by atoms with Gasteiger partial charge in [-0.05, 0) is 67.3 Å². The molecule has 8 heteroatoms. The fraction of sp³-hybridized carbons (Fsp3) is 0.185. The summed E-state index contributed by atoms with van der Waals surface area (Å²) in [4.78, 5) is 39.8. The van der Waals surface area contributed by atoms with E-state index in [-0.39, 0.29) is 6.54 Å². The first-order chi connectivity index (χ1) is 16.7. The predicted molar refractivity (Wildman–Crippen MR) is 131 cm³/mol. The molecule has 0 spiro atoms. The lowest BCUT2D eigenvalue weighted by molar-refractivity contribution is 0.0930. The second kappa shape index (κ2) is 9.89. The molecule has 1 N–H and O–H groups in total. The minimum Gasteiger partial charge on any atom is -0.344 e. The van der Waals surface area contributed by atoms with Crippen molar-refractivity contribution in [1.82, 2.24) is 19.7 Å². The maximum absolute atomic E-state index is 13.8. The summed E-state index contributed by atoms with van der Waals surface area (Å²) in [6, 6.07) is 19.8. The molecule has 3 aromatic carbocycles. The monoisotopic (exact) mass is 472 g/mol. The van der Waals surface area contributed by atoms with Gasteiger partial charge in [-0.2, -0.15) is 9.78 Å². The van der Waals surface area contributed by atoms with E-state index in [1.165, 1.54) is 18.2 Å². The normalized spacial score (nSPS) is 11.8. The maximum Gasteiger partial charge on any atom is 0.352 e. The predicted octanol–water partition coefficient (Wildman–Crippen LogP) is 3.69. The molecule has 1 amide bonds. The van der Waals surface area contributed by atoms with Crippen molar-refractivity contribution in [2.45, 2.75) is 33.4 Å². The molecule has 4 rings (SSSR count). The number of nitrogens with zero attached hydrogens (tertiary/aromatic N) is 3. The topological polar surface area (TPSA) is 86.0 Å². The van der Waals surface area contributed by atoms with Gasteiger partial charge < -0.3 is 5.32 Å². The van der Waals surface area contributed by atoms with Crippen LogP contribution in [0.15, 0.2) is 82.4 Å². The first-order valence-electron chi connectivity index (χ1n) is 11.2. The SMILES string of the molecule is Cc1ccc(-n2nc(C(=O)N[C@H](C)c3ccccc3)c(=O)n(Cc3cccc(F)c3)c2=O)cc1C. The number of hydrogen-bond donors (Lipinski definition) is 1. The van der Waals surface area contributed by atoms with Crippen molar-refractivity contribution in [3.05, 3.63) is 127 Å². The number of aryl methyl sites for hydroxylation is 2. The third-order valence-corrected chi connectivity index (χ3v) is 5.89. The van der Waals surface area contributed by atoms with Crippen molar-refractivity contribution in [1.29, 1.82) is 0 Å². The Morgan fingerprint density at radius 1 is 0.971 bits per heavy atom. The van der Waals surface area contributed by atoms with E-state index in [1.54, 1.807) is 25.1 Å². The lowest BCUT2D eigenvalue weighted by atomic mass is 10.1. The van der Waals surface area contributed by atoms with Crippen LogP contribution in [0.25, 0.3) is 5.69 Å². The summed E-state index contributed by atoms with van der Waals surface area (Å²) in [5.41, 5.74) is 1.60. The second-order valence-corrected chi connectivity index (χ2v) is 8.44. The molecule has 0 fully saturated rings. The van der Waals surface area contributed by atoms with E-state index < -0.39 is 34.7 Å². The average Bonchev–Trinajstić information content (AvgIpc) is 2.84. The summed E-state index contributed by atoms with van der Waals surface area (Å²) in [6.07, 6.45) is 0. The molecule has 0 radical (unpaired) electrons. The number of amides is 1. The Bertz CT molecular complexity index is 1510. The molecule has 0 unspecified atom stereocenters. The van der Waals surface area contributed by atoms with Crippen molar-refractivity contribution in [2.24, 2.45) is 0 Å². The number of aromatic nitrogens is 3. The fourth-order valence-electron chi connectivity index (χ4n) is 3.73. The van der Waals surface area contributed by atoms with E-state index in [1.807, 2.05) is 50.2 Å². The summed E-state index contributed by atoms with van der Waals surface area (Å²) >= 11 is 0. The zero-order valence-corrected chi connectivity index (χ0v) is 19.7. The van der Waals surface area contributed by atoms with Crippen LogP contribution in [0.4, 0.5) is 4.39 Å². The highest BCUT2D eigenvalue weighted by molar-refractivity contribution is 5.92. The van der Waals surface area contributed by atoms with Crippen LogP contribution in [0.5, 0.6) is 0 Å². The van der Waals surface area contributed by atoms with Gasteiger partial charge in [0.1, 0.15) is 5.82 Å². The van der Waals surface area contributed by atoms with Gasteiger partial charge in [0, 0.05) is 0 Å². The number of carbonyl (C=O) groups is 1. The molecule has 35 heavy (non-hydrogen) atoms. The molecule has 0 aliphatic heterocycles. The van der Waals surface area contributed by atoms with E-state index in [0.29, 0.717) is 11.3 Å². The van der Waals surface area contributed by atoms with Crippen molar-refractivity contribution >= 4 is 5.91 Å². The molecule has 0 aliphatic carbocycles. The molecule has 0 saturated carbocycles. The first kappa shape index (κ1) is 23.8. The minimum atomic E-state index is -0.850. The van der Waals surface area contributed by atoms with Gasteiger partial charge in [0.25, 0.3) is 11.5 Å². The fourth-order valence-corrected chi connectivity index (χ4v) is 3.73. The Morgan fingerprint density at radius 2 is 1.71 bits per heavy atom. The summed E-state index contributed by atoms with van der Waals surface area (Å²) in [5, 5.41) is 6.95. The van der Waals surface area contributed by atoms with E-state index in [9.17, 15) is 18.8 Å². The number of hydrogen-bond acceptors (Lipinski definition) is 4. The Morgan fingerprint density at radius 3 is 2.40 bits per heavy atom. The van der Waals surface area contributed by atoms with Gasteiger partial charge in [-0.15, -0.1) is 0 Å². The highest BCUT2D eigenvalue weighted by Crippen LogP contribution is 2.13. The van der Waals surface area contributed by atoms with Crippen LogP contribution in [-0.4, -0.2) is 20.3 Å². The molecule has 1 aromatic heterocycles. The minimum absolute atomic E-state index is 0.211. The molecule has 1 heterocycles. The van der Waals surface area contributed by atoms with Crippen LogP contribution in [-0.2, 0) is 6.54 Å². The average molecular weight is 473 g/mol. The summed E-state index contributed by atoms with van der Waals surface area (Å²) in [5.74, 6) is -1.20. The van der Waals surface area contributed by atoms with E-state index in [4.69, 9.17) is 0 Å². The largest absolute Gasteiger partial charge is 0.352 e. The van der Waals surface area contributed by atoms with Gasteiger partial charge in [-0.25, -0.2) is 9.18 Å². The Hall–Kier alpha value is -4.33. The van der Waals surface area contributed by atoms with E-state index >= 15 is 0 Å². The molecular weight excluding hydrogens is 447 g/mol. The van der Waals surface area contributed by atoms with Gasteiger partial charge in [0.05, 0.1) is 18.3 Å². The zero-order chi connectivity index (χ0) is 25.1. The van der Waals surface area contributed by atoms with Gasteiger partial charge in [0.15, 0.2) is 0 Å². The maximum atomic E-state index is 13.8. The van der Waals surface area contributed by atoms with Gasteiger partial charge in [0.2, 0.25) is 5.69 Å². The quantitative estimate of drug-likeness (QED) is 0.464. The van der Waals surface area contributed by atoms with E-state index in [2.05, 4.69) is 10.4 Å². The van der Waals surface area contributed by atoms with Crippen LogP contribution in [0.2, 0.25) is 0 Å². The van der Waals surface area contributed by atoms with E-state index in [0.717, 1.165) is 25.9 Å². The van der Waals surface area contributed by atoms with Crippen molar-refractivity contribution in [3.8, 4) is 5.69 Å². The number of rotatable bonds is 6. The van der Waals surface area contributed by atoms with Gasteiger partial charge in [-0.3, -0.25) is 14.2 Å². The Balaban J connectivity index is 1.83. The molecule has 4 aromatic rings. The summed E-state index contributed by atoms with van der Waals surface area (Å²) in [6.45, 7) is 5.40. The lowest BCUT2D eigenvalue weighted by Gasteiger charge is -2.16. The van der Waals surface area contributed by atoms with Gasteiger partial charge >= 0.3 is 5.69 Å². The third-order valence-electron chi connectivity index (χ3n) is 5.89. The molecule has 0 saturated heterocycles. The molecule has 7 nitrogen and oxygen atoms in total. The highest BCUT2D eigenvalue weighted by Gasteiger charge is 2.22. The first-order valence-corrected chi connectivity index (χ1v) is 11.2. The summed E-state index contributed by atoms with van der Waals surface area (Å²) < 4.78 is 15.7. The third kappa shape index (κ3) is 5.11. The van der Waals surface area contributed by atoms with Crippen molar-refractivity contribution in [3.63, 3.8) is 0 Å². The van der Waals surface area contributed by atoms with Crippen LogP contribution < -0.4 is 16.6 Å². The number of benzene rings is 3. The molecular formula is C27H25FN4O3. The van der Waals surface area contributed by atoms with Crippen LogP contribution >= 0.6 is 0 Å². The zero-order valence-electron chi connectivity index (χ0n) is 19.7. The molecule has 1 atom stereocenters. The molecule has 0 aliphatic rings.